The fourth-order valence-corrected chi connectivity index (χ4v) is 4.89. The van der Waals surface area contributed by atoms with Gasteiger partial charge in [0.2, 0.25) is 17.6 Å². The van der Waals surface area contributed by atoms with Crippen LogP contribution in [0.1, 0.15) is 88.0 Å². The van der Waals surface area contributed by atoms with Crippen molar-refractivity contribution in [2.45, 2.75) is 77.9 Å². The van der Waals surface area contributed by atoms with E-state index in [0.29, 0.717) is 37.0 Å². The molecule has 1 atom stereocenters. The molecule has 0 radical (unpaired) electrons. The number of hydrogen-bond acceptors (Lipinski definition) is 10. The second kappa shape index (κ2) is 11.6. The zero-order chi connectivity index (χ0) is 30.9. The second-order valence-electron chi connectivity index (χ2n) is 12.9. The molecule has 3 aromatic heterocycles. The number of Topliss-reactive ketones (excluding diaryl/α,β-unsaturated/α-hetero) is 1. The number of carbonyl (C=O) groups excluding carboxylic acids is 2. The van der Waals surface area contributed by atoms with Gasteiger partial charge in [0.05, 0.1) is 17.6 Å². The summed E-state index contributed by atoms with van der Waals surface area (Å²) in [6.45, 7) is 12.2. The van der Waals surface area contributed by atoms with Gasteiger partial charge in [0, 0.05) is 49.9 Å². The number of carbonyl (C=O) groups is 2. The average Bonchev–Trinajstić information content (AvgIpc) is 3.55. The van der Waals surface area contributed by atoms with Gasteiger partial charge in [0.25, 0.3) is 5.89 Å². The van der Waals surface area contributed by atoms with E-state index in [1.54, 1.807) is 22.0 Å². The Bertz CT molecular complexity index is 1630. The van der Waals surface area contributed by atoms with E-state index in [9.17, 15) is 9.59 Å². The molecule has 12 heteroatoms. The van der Waals surface area contributed by atoms with Crippen LogP contribution in [-0.2, 0) is 23.7 Å². The van der Waals surface area contributed by atoms with Gasteiger partial charge >= 0.3 is 6.09 Å². The summed E-state index contributed by atoms with van der Waals surface area (Å²) in [7, 11) is 1.84. The minimum Gasteiger partial charge on any atom is -0.444 e. The topological polar surface area (TPSA) is 141 Å². The molecule has 0 saturated carbocycles. The Morgan fingerprint density at radius 1 is 1.12 bits per heavy atom. The quantitative estimate of drug-likeness (QED) is 0.276. The number of aryl methyl sites for hydroxylation is 1. The standard InChI is InChI=1S/C31H38N8O4/c1-30(2,3)27-37-36-26(42-27)25(40)15-19-11-13-39(29(41)43-31(4,5)6)17-21-14-20(8-9-23(19)21)24-10-12-32-28(35-24)34-22-16-33-38(7)18-22/h8-10,12,14,16,18-19H,11,13,15,17H2,1-7H3,(H,32,34,35). The fourth-order valence-electron chi connectivity index (χ4n) is 4.89. The number of fused-ring (bicyclic) bond motifs is 1. The van der Waals surface area contributed by atoms with Crippen molar-refractivity contribution in [3.05, 3.63) is 65.8 Å². The molecule has 0 bridgehead atoms. The van der Waals surface area contributed by atoms with Crippen molar-refractivity contribution < 1.29 is 18.7 Å². The number of nitrogens with one attached hydrogen (secondary N) is 1. The Morgan fingerprint density at radius 2 is 1.91 bits per heavy atom. The number of nitrogens with zero attached hydrogens (tertiary/aromatic N) is 7. The van der Waals surface area contributed by atoms with Gasteiger partial charge in [-0.1, -0.05) is 32.9 Å². The first-order valence-corrected chi connectivity index (χ1v) is 14.3. The van der Waals surface area contributed by atoms with Crippen molar-refractivity contribution in [2.24, 2.45) is 7.05 Å². The average molecular weight is 587 g/mol. The lowest BCUT2D eigenvalue weighted by Gasteiger charge is -2.26. The molecule has 0 spiro atoms. The summed E-state index contributed by atoms with van der Waals surface area (Å²) in [6, 6.07) is 7.87. The highest BCUT2D eigenvalue weighted by Crippen LogP contribution is 2.35. The summed E-state index contributed by atoms with van der Waals surface area (Å²) >= 11 is 0. The number of rotatable bonds is 6. The lowest BCUT2D eigenvalue weighted by atomic mass is 9.87. The van der Waals surface area contributed by atoms with Crippen LogP contribution >= 0.6 is 0 Å². The largest absolute Gasteiger partial charge is 0.444 e. The van der Waals surface area contributed by atoms with Gasteiger partial charge in [0.15, 0.2) is 0 Å². The Kier molecular flexibility index (Phi) is 8.04. The van der Waals surface area contributed by atoms with Crippen LogP contribution in [0.3, 0.4) is 0 Å². The molecule has 1 unspecified atom stereocenters. The van der Waals surface area contributed by atoms with E-state index in [1.165, 1.54) is 0 Å². The number of amides is 1. The van der Waals surface area contributed by atoms with Crippen LogP contribution < -0.4 is 5.32 Å². The Labute approximate surface area is 250 Å². The normalized spacial score (nSPS) is 15.5. The molecule has 1 amide bonds. The van der Waals surface area contributed by atoms with Crippen molar-refractivity contribution in [1.29, 1.82) is 0 Å². The van der Waals surface area contributed by atoms with Crippen LogP contribution in [0.5, 0.6) is 0 Å². The third-order valence-corrected chi connectivity index (χ3v) is 6.99. The van der Waals surface area contributed by atoms with Crippen molar-refractivity contribution >= 4 is 23.5 Å². The number of benzene rings is 1. The van der Waals surface area contributed by atoms with Crippen LogP contribution in [0.25, 0.3) is 11.3 Å². The molecule has 5 rings (SSSR count). The molecular formula is C31H38N8O4. The zero-order valence-electron chi connectivity index (χ0n) is 25.7. The van der Waals surface area contributed by atoms with E-state index in [1.807, 2.05) is 79.1 Å². The smallest absolute Gasteiger partial charge is 0.410 e. The third-order valence-electron chi connectivity index (χ3n) is 6.99. The highest BCUT2D eigenvalue weighted by Gasteiger charge is 2.31. The molecule has 1 N–H and O–H groups in total. The van der Waals surface area contributed by atoms with Crippen LogP contribution in [0.2, 0.25) is 0 Å². The molecule has 4 heterocycles. The maximum absolute atomic E-state index is 13.3. The van der Waals surface area contributed by atoms with E-state index >= 15 is 0 Å². The number of anilines is 2. The highest BCUT2D eigenvalue weighted by atomic mass is 16.6. The van der Waals surface area contributed by atoms with E-state index in [2.05, 4.69) is 25.6 Å². The van der Waals surface area contributed by atoms with Crippen molar-refractivity contribution in [3.8, 4) is 11.3 Å². The summed E-state index contributed by atoms with van der Waals surface area (Å²) < 4.78 is 13.1. The van der Waals surface area contributed by atoms with E-state index in [0.717, 1.165) is 22.4 Å². The van der Waals surface area contributed by atoms with Crippen molar-refractivity contribution in [1.82, 2.24) is 34.8 Å². The molecule has 12 nitrogen and oxygen atoms in total. The monoisotopic (exact) mass is 586 g/mol. The molecule has 0 aliphatic carbocycles. The maximum Gasteiger partial charge on any atom is 0.410 e. The molecule has 43 heavy (non-hydrogen) atoms. The van der Waals surface area contributed by atoms with Crippen LogP contribution in [0.15, 0.2) is 47.3 Å². The van der Waals surface area contributed by atoms with Crippen molar-refractivity contribution in [2.75, 3.05) is 11.9 Å². The van der Waals surface area contributed by atoms with E-state index in [4.69, 9.17) is 14.1 Å². The predicted molar refractivity (Wildman–Crippen MR) is 160 cm³/mol. The SMILES string of the molecule is Cn1cc(Nc2nccc(-c3ccc4c(c3)CN(C(=O)OC(C)(C)C)CCC4CC(=O)c3nnc(C(C)(C)C)o3)n2)cn1. The lowest BCUT2D eigenvalue weighted by molar-refractivity contribution is 0.0234. The molecule has 1 aliphatic rings. The van der Waals surface area contributed by atoms with Gasteiger partial charge in [-0.15, -0.1) is 10.2 Å². The number of ketones is 1. The summed E-state index contributed by atoms with van der Waals surface area (Å²) in [5.41, 5.74) is 3.26. The van der Waals surface area contributed by atoms with Gasteiger partial charge in [-0.2, -0.15) is 5.10 Å². The minimum absolute atomic E-state index is 0.00553. The second-order valence-corrected chi connectivity index (χ2v) is 12.9. The van der Waals surface area contributed by atoms with Crippen LogP contribution in [-0.4, -0.2) is 58.9 Å². The molecule has 1 aromatic carbocycles. The van der Waals surface area contributed by atoms with Gasteiger partial charge in [0.1, 0.15) is 5.60 Å². The Morgan fingerprint density at radius 3 is 2.58 bits per heavy atom. The molecule has 226 valence electrons. The molecule has 0 saturated heterocycles. The van der Waals surface area contributed by atoms with Gasteiger partial charge < -0.3 is 19.4 Å². The summed E-state index contributed by atoms with van der Waals surface area (Å²) in [5.74, 6) is 0.470. The molecule has 4 aromatic rings. The molecule has 0 fully saturated rings. The Hall–Kier alpha value is -4.61. The maximum atomic E-state index is 13.3. The number of aromatic nitrogens is 6. The first kappa shape index (κ1) is 29.9. The third kappa shape index (κ3) is 7.25. The molecule has 1 aliphatic heterocycles. The first-order chi connectivity index (χ1) is 20.2. The summed E-state index contributed by atoms with van der Waals surface area (Å²) in [5, 5.41) is 15.5. The van der Waals surface area contributed by atoms with Gasteiger partial charge in [-0.05, 0) is 56.4 Å². The summed E-state index contributed by atoms with van der Waals surface area (Å²) in [6.07, 6.45) is 5.58. The minimum atomic E-state index is -0.634. The fraction of sp³-hybridized carbons (Fsp3) is 0.452. The number of hydrogen-bond donors (Lipinski definition) is 1. The van der Waals surface area contributed by atoms with Crippen molar-refractivity contribution in [3.63, 3.8) is 0 Å². The number of ether oxygens (including phenoxy) is 1. The Balaban J connectivity index is 1.45. The van der Waals surface area contributed by atoms with E-state index < -0.39 is 11.7 Å². The lowest BCUT2D eigenvalue weighted by Crippen LogP contribution is -2.36. The van der Waals surface area contributed by atoms with Gasteiger partial charge in [-0.3, -0.25) is 9.48 Å². The summed E-state index contributed by atoms with van der Waals surface area (Å²) in [4.78, 5) is 37.2. The van der Waals surface area contributed by atoms with Gasteiger partial charge in [-0.25, -0.2) is 14.8 Å². The zero-order valence-corrected chi connectivity index (χ0v) is 25.7. The van der Waals surface area contributed by atoms with Crippen LogP contribution in [0.4, 0.5) is 16.4 Å². The predicted octanol–water partition coefficient (Wildman–Crippen LogP) is 5.80. The van der Waals surface area contributed by atoms with E-state index in [-0.39, 0.29) is 29.4 Å². The molecular weight excluding hydrogens is 548 g/mol. The van der Waals surface area contributed by atoms with Crippen LogP contribution in [0, 0.1) is 0 Å². The highest BCUT2D eigenvalue weighted by molar-refractivity contribution is 5.92. The first-order valence-electron chi connectivity index (χ1n) is 14.3.